The third kappa shape index (κ3) is 7.86. The summed E-state index contributed by atoms with van der Waals surface area (Å²) in [6.07, 6.45) is -0.264. The van der Waals surface area contributed by atoms with Crippen LogP contribution in [0.4, 0.5) is 4.39 Å². The van der Waals surface area contributed by atoms with E-state index < -0.39 is 6.17 Å². The number of halogens is 1. The quantitative estimate of drug-likeness (QED) is 0.305. The van der Waals surface area contributed by atoms with Crippen LogP contribution in [0.25, 0.3) is 11.6 Å². The fourth-order valence-corrected chi connectivity index (χ4v) is 4.53. The highest BCUT2D eigenvalue weighted by molar-refractivity contribution is 5.37. The number of nitrogens with zero attached hydrogens (tertiary/aromatic N) is 4. The minimum atomic E-state index is -0.862. The van der Waals surface area contributed by atoms with E-state index in [1.807, 2.05) is 25.1 Å². The smallest absolute Gasteiger partial charge is 0.137 e. The summed E-state index contributed by atoms with van der Waals surface area (Å²) in [5.41, 5.74) is 8.67. The van der Waals surface area contributed by atoms with Gasteiger partial charge in [-0.15, -0.1) is 0 Å². The maximum Gasteiger partial charge on any atom is 0.137 e. The van der Waals surface area contributed by atoms with Gasteiger partial charge in [0.05, 0.1) is 6.10 Å². The normalized spacial score (nSPS) is 12.4. The Bertz CT molecular complexity index is 1180. The van der Waals surface area contributed by atoms with E-state index in [-0.39, 0.29) is 13.5 Å². The number of aliphatic hydroxyl groups excluding tert-OH is 1. The highest BCUT2D eigenvalue weighted by atomic mass is 19.1. The largest absolute Gasteiger partial charge is 0.393 e. The molecular weight excluding hydrogens is 463 g/mol. The molecule has 200 valence electrons. The van der Waals surface area contributed by atoms with E-state index >= 15 is 0 Å². The van der Waals surface area contributed by atoms with Crippen LogP contribution in [0.5, 0.6) is 0 Å². The van der Waals surface area contributed by atoms with Gasteiger partial charge >= 0.3 is 0 Å². The van der Waals surface area contributed by atoms with Crippen LogP contribution < -0.4 is 0 Å². The average Bonchev–Trinajstić information content (AvgIpc) is 3.26. The van der Waals surface area contributed by atoms with Crippen molar-refractivity contribution in [3.8, 4) is 11.6 Å². The second-order valence-corrected chi connectivity index (χ2v) is 9.93. The van der Waals surface area contributed by atoms with Crippen molar-refractivity contribution in [1.29, 1.82) is 0 Å². The third-order valence-electron chi connectivity index (χ3n) is 6.01. The van der Waals surface area contributed by atoms with Gasteiger partial charge in [0.25, 0.3) is 0 Å². The van der Waals surface area contributed by atoms with Crippen molar-refractivity contribution in [2.75, 3.05) is 0 Å². The number of rotatable bonds is 6. The monoisotopic (exact) mass is 506 g/mol. The molecule has 2 unspecified atom stereocenters. The highest BCUT2D eigenvalue weighted by Crippen LogP contribution is 2.18. The van der Waals surface area contributed by atoms with E-state index in [4.69, 9.17) is 0 Å². The lowest BCUT2D eigenvalue weighted by molar-refractivity contribution is 0.194. The van der Waals surface area contributed by atoms with Crippen molar-refractivity contribution in [2.45, 2.75) is 87.9 Å². The van der Waals surface area contributed by atoms with Gasteiger partial charge < -0.3 is 14.2 Å². The number of hydrogen-bond acceptors (Lipinski definition) is 3. The molecule has 0 fully saturated rings. The predicted octanol–water partition coefficient (Wildman–Crippen LogP) is 7.06. The summed E-state index contributed by atoms with van der Waals surface area (Å²) >= 11 is 0. The first-order chi connectivity index (χ1) is 16.9. The van der Waals surface area contributed by atoms with E-state index in [2.05, 4.69) is 84.1 Å². The summed E-state index contributed by atoms with van der Waals surface area (Å²) in [7, 11) is 0. The van der Waals surface area contributed by atoms with Crippen LogP contribution in [0.2, 0.25) is 0 Å². The molecule has 4 rings (SSSR count). The first-order valence-electron chi connectivity index (χ1n) is 12.5. The summed E-state index contributed by atoms with van der Waals surface area (Å²) in [5.74, 6) is 1.82. The van der Waals surface area contributed by atoms with E-state index in [9.17, 15) is 9.50 Å². The second kappa shape index (κ2) is 12.8. The number of aryl methyl sites for hydroxylation is 6. The van der Waals surface area contributed by atoms with Gasteiger partial charge in [-0.2, -0.15) is 0 Å². The molecular formula is C31H43FN4O. The molecule has 1 N–H and O–H groups in total. The number of alkyl halides is 1. The van der Waals surface area contributed by atoms with Crippen molar-refractivity contribution in [3.05, 3.63) is 93.8 Å². The molecule has 0 radical (unpaired) electrons. The highest BCUT2D eigenvalue weighted by Gasteiger charge is 2.10. The Hall–Kier alpha value is -3.25. The molecule has 6 heteroatoms. The van der Waals surface area contributed by atoms with Crippen LogP contribution >= 0.6 is 0 Å². The van der Waals surface area contributed by atoms with Gasteiger partial charge in [0, 0.05) is 47.0 Å². The molecule has 0 aliphatic heterocycles. The summed E-state index contributed by atoms with van der Waals surface area (Å²) in [4.78, 5) is 9.20. The van der Waals surface area contributed by atoms with Crippen LogP contribution in [0.1, 0.15) is 66.6 Å². The van der Waals surface area contributed by atoms with Gasteiger partial charge in [-0.05, 0) is 115 Å². The number of aromatic nitrogens is 4. The molecule has 0 amide bonds. The lowest BCUT2D eigenvalue weighted by atomic mass is 10.1. The Kier molecular flexibility index (Phi) is 10.4. The van der Waals surface area contributed by atoms with Crippen molar-refractivity contribution < 1.29 is 9.50 Å². The molecule has 0 spiro atoms. The first kappa shape index (κ1) is 30.0. The van der Waals surface area contributed by atoms with Gasteiger partial charge in [0.15, 0.2) is 0 Å². The van der Waals surface area contributed by atoms with Crippen LogP contribution in [0.3, 0.4) is 0 Å². The van der Waals surface area contributed by atoms with Crippen molar-refractivity contribution in [1.82, 2.24) is 19.1 Å². The minimum absolute atomic E-state index is 0. The Morgan fingerprint density at radius 2 is 1.03 bits per heavy atom. The van der Waals surface area contributed by atoms with E-state index in [0.717, 1.165) is 40.0 Å². The predicted molar refractivity (Wildman–Crippen MR) is 152 cm³/mol. The summed E-state index contributed by atoms with van der Waals surface area (Å²) in [5, 5.41) is 9.48. The van der Waals surface area contributed by atoms with Gasteiger partial charge in [-0.1, -0.05) is 7.43 Å². The molecule has 37 heavy (non-hydrogen) atoms. The molecule has 0 aliphatic carbocycles. The van der Waals surface area contributed by atoms with Crippen LogP contribution in [0.15, 0.2) is 48.5 Å². The SMILES string of the molecule is C.Cc1cc(CC(C)F)nc(-n2c(C)ccc2C)c1.Cc1cc(CC(C)O)nc(-n2c(C)ccc2C)c1. The second-order valence-electron chi connectivity index (χ2n) is 9.93. The lowest BCUT2D eigenvalue weighted by Crippen LogP contribution is -2.09. The molecule has 4 aromatic heterocycles. The molecule has 5 nitrogen and oxygen atoms in total. The van der Waals surface area contributed by atoms with Gasteiger partial charge in [-0.3, -0.25) is 0 Å². The van der Waals surface area contributed by atoms with Crippen LogP contribution in [-0.4, -0.2) is 36.5 Å². The molecule has 4 heterocycles. The molecule has 4 aromatic rings. The molecule has 0 saturated heterocycles. The molecule has 2 atom stereocenters. The zero-order valence-electron chi connectivity index (χ0n) is 22.8. The molecule has 0 bridgehead atoms. The number of pyridine rings is 2. The van der Waals surface area contributed by atoms with Crippen molar-refractivity contribution in [3.63, 3.8) is 0 Å². The average molecular weight is 507 g/mol. The summed E-state index contributed by atoms with van der Waals surface area (Å²) in [6, 6.07) is 16.4. The van der Waals surface area contributed by atoms with Crippen molar-refractivity contribution >= 4 is 0 Å². The Balaban J connectivity index is 0.000000253. The van der Waals surface area contributed by atoms with Gasteiger partial charge in [0.2, 0.25) is 0 Å². The van der Waals surface area contributed by atoms with Gasteiger partial charge in [-0.25, -0.2) is 14.4 Å². The Morgan fingerprint density at radius 1 is 0.676 bits per heavy atom. The first-order valence-corrected chi connectivity index (χ1v) is 12.5. The van der Waals surface area contributed by atoms with Gasteiger partial charge in [0.1, 0.15) is 17.8 Å². The lowest BCUT2D eigenvalue weighted by Gasteiger charge is -2.12. The number of aliphatic hydroxyl groups is 1. The maximum atomic E-state index is 13.1. The third-order valence-corrected chi connectivity index (χ3v) is 6.01. The standard InChI is InChI=1S/C15H19FN2.C15H20N2O.CH4/c1-10-7-14(9-11(2)16)17-15(8-10)18-12(3)5-6-13(18)4;1-10-7-14(9-13(4)18)16-15(8-10)17-11(2)5-6-12(17)3;/h5-8,11H,9H2,1-4H3;5-8,13,18H,9H2,1-4H3;1H4. The van der Waals surface area contributed by atoms with Crippen LogP contribution in [-0.2, 0) is 12.8 Å². The van der Waals surface area contributed by atoms with E-state index in [1.165, 1.54) is 17.0 Å². The molecule has 0 saturated carbocycles. The fraction of sp³-hybridized carbons (Fsp3) is 0.419. The van der Waals surface area contributed by atoms with Crippen molar-refractivity contribution in [2.24, 2.45) is 0 Å². The Labute approximate surface area is 222 Å². The zero-order chi connectivity index (χ0) is 26.6. The fourth-order valence-electron chi connectivity index (χ4n) is 4.53. The zero-order valence-corrected chi connectivity index (χ0v) is 22.8. The van der Waals surface area contributed by atoms with E-state index in [0.29, 0.717) is 12.8 Å². The Morgan fingerprint density at radius 3 is 1.35 bits per heavy atom. The molecule has 0 aromatic carbocycles. The summed E-state index contributed by atoms with van der Waals surface area (Å²) in [6.45, 7) is 15.7. The number of hydrogen-bond donors (Lipinski definition) is 1. The maximum absolute atomic E-state index is 13.1. The minimum Gasteiger partial charge on any atom is -0.393 e. The summed E-state index contributed by atoms with van der Waals surface area (Å²) < 4.78 is 17.3. The van der Waals surface area contributed by atoms with Crippen LogP contribution in [0, 0.1) is 41.5 Å². The molecule has 0 aliphatic rings. The topological polar surface area (TPSA) is 55.9 Å². The van der Waals surface area contributed by atoms with E-state index in [1.54, 1.807) is 13.8 Å².